The van der Waals surface area contributed by atoms with Crippen molar-refractivity contribution in [3.05, 3.63) is 64.4 Å². The normalized spacial score (nSPS) is 18.2. The van der Waals surface area contributed by atoms with Gasteiger partial charge in [0.1, 0.15) is 5.82 Å². The van der Waals surface area contributed by atoms with Gasteiger partial charge in [0.05, 0.1) is 16.5 Å². The van der Waals surface area contributed by atoms with Gasteiger partial charge in [-0.05, 0) is 35.4 Å². The smallest absolute Gasteiger partial charge is 0.182 e. The number of benzene rings is 2. The summed E-state index contributed by atoms with van der Waals surface area (Å²) in [6.45, 7) is 0.141. The quantitative estimate of drug-likeness (QED) is 0.904. The first-order valence-corrected chi connectivity index (χ1v) is 9.33. The third-order valence-electron chi connectivity index (χ3n) is 3.81. The third-order valence-corrected chi connectivity index (χ3v) is 5.25. The molecular formula is C17H14ClFO4S. The standard InChI is InChI=1S/C17H14ClFO4S/c1-24(21,22)12-5-2-10(3-6-12)14-9-23-17(20)16(14)13-7-4-11(19)8-15(13)18/h2-8,17,20H,9H2,1H3. The van der Waals surface area contributed by atoms with Crippen LogP contribution in [0.1, 0.15) is 11.1 Å². The van der Waals surface area contributed by atoms with E-state index < -0.39 is 21.9 Å². The van der Waals surface area contributed by atoms with E-state index in [0.717, 1.165) is 6.26 Å². The molecule has 0 amide bonds. The second kappa shape index (κ2) is 6.29. The van der Waals surface area contributed by atoms with E-state index in [2.05, 4.69) is 0 Å². The van der Waals surface area contributed by atoms with Gasteiger partial charge in [0.2, 0.25) is 0 Å². The number of sulfone groups is 1. The Bertz CT molecular complexity index is 920. The average Bonchev–Trinajstić information content (AvgIpc) is 2.88. The first-order chi connectivity index (χ1) is 11.3. The summed E-state index contributed by atoms with van der Waals surface area (Å²) in [6, 6.07) is 10.2. The number of ether oxygens (including phenoxy) is 1. The second-order valence-corrected chi connectivity index (χ2v) is 7.90. The molecule has 7 heteroatoms. The fourth-order valence-electron chi connectivity index (χ4n) is 2.62. The summed E-state index contributed by atoms with van der Waals surface area (Å²) >= 11 is 6.09. The van der Waals surface area contributed by atoms with Crippen molar-refractivity contribution in [1.29, 1.82) is 0 Å². The Kier molecular flexibility index (Phi) is 4.48. The van der Waals surface area contributed by atoms with Crippen molar-refractivity contribution >= 4 is 32.6 Å². The van der Waals surface area contributed by atoms with E-state index in [4.69, 9.17) is 16.3 Å². The Hall–Kier alpha value is -1.73. The van der Waals surface area contributed by atoms with Gasteiger partial charge in [0, 0.05) is 17.4 Å². The zero-order chi connectivity index (χ0) is 17.5. The highest BCUT2D eigenvalue weighted by atomic mass is 35.5. The summed E-state index contributed by atoms with van der Waals surface area (Å²) in [5.74, 6) is -0.475. The van der Waals surface area contributed by atoms with Crippen molar-refractivity contribution in [3.63, 3.8) is 0 Å². The van der Waals surface area contributed by atoms with Gasteiger partial charge in [-0.3, -0.25) is 0 Å². The van der Waals surface area contributed by atoms with E-state index in [1.165, 1.54) is 30.3 Å². The van der Waals surface area contributed by atoms with Gasteiger partial charge in [-0.2, -0.15) is 0 Å². The van der Waals surface area contributed by atoms with E-state index in [0.29, 0.717) is 22.3 Å². The molecule has 4 nitrogen and oxygen atoms in total. The largest absolute Gasteiger partial charge is 0.364 e. The van der Waals surface area contributed by atoms with Crippen molar-refractivity contribution in [2.75, 3.05) is 12.9 Å². The molecule has 0 saturated heterocycles. The molecule has 0 bridgehead atoms. The summed E-state index contributed by atoms with van der Waals surface area (Å²) in [7, 11) is -3.29. The van der Waals surface area contributed by atoms with Gasteiger partial charge in [-0.25, -0.2) is 12.8 Å². The monoisotopic (exact) mass is 368 g/mol. The fourth-order valence-corrected chi connectivity index (χ4v) is 3.52. The molecule has 0 radical (unpaired) electrons. The van der Waals surface area contributed by atoms with Crippen LogP contribution in [0.2, 0.25) is 5.02 Å². The summed E-state index contributed by atoms with van der Waals surface area (Å²) in [5.41, 5.74) is 2.31. The van der Waals surface area contributed by atoms with Crippen molar-refractivity contribution in [3.8, 4) is 0 Å². The number of rotatable bonds is 3. The molecule has 3 rings (SSSR count). The fraction of sp³-hybridized carbons (Fsp3) is 0.176. The molecular weight excluding hydrogens is 355 g/mol. The Labute approximate surface area is 144 Å². The maximum atomic E-state index is 13.3. The Morgan fingerprint density at radius 1 is 1.21 bits per heavy atom. The van der Waals surface area contributed by atoms with Crippen molar-refractivity contribution in [2.24, 2.45) is 0 Å². The van der Waals surface area contributed by atoms with Gasteiger partial charge in [0.15, 0.2) is 16.1 Å². The van der Waals surface area contributed by atoms with Gasteiger partial charge < -0.3 is 9.84 Å². The number of hydrogen-bond donors (Lipinski definition) is 1. The molecule has 126 valence electrons. The van der Waals surface area contributed by atoms with Crippen LogP contribution in [-0.4, -0.2) is 32.7 Å². The van der Waals surface area contributed by atoms with E-state index in [-0.39, 0.29) is 16.5 Å². The molecule has 0 spiro atoms. The SMILES string of the molecule is CS(=O)(=O)c1ccc(C2=C(c3ccc(F)cc3Cl)C(O)OC2)cc1. The zero-order valence-corrected chi connectivity index (χ0v) is 14.2. The predicted octanol–water partition coefficient (Wildman–Crippen LogP) is 3.14. The van der Waals surface area contributed by atoms with Crippen LogP contribution in [0.25, 0.3) is 11.1 Å². The molecule has 0 aliphatic carbocycles. The molecule has 1 heterocycles. The lowest BCUT2D eigenvalue weighted by atomic mass is 9.96. The molecule has 1 atom stereocenters. The van der Waals surface area contributed by atoms with Crippen LogP contribution in [0.3, 0.4) is 0 Å². The number of aliphatic hydroxyl groups excluding tert-OH is 1. The molecule has 0 aromatic heterocycles. The topological polar surface area (TPSA) is 63.6 Å². The van der Waals surface area contributed by atoms with Gasteiger partial charge in [0.25, 0.3) is 0 Å². The highest BCUT2D eigenvalue weighted by Crippen LogP contribution is 2.38. The molecule has 1 aliphatic rings. The van der Waals surface area contributed by atoms with Crippen LogP contribution in [0, 0.1) is 5.82 Å². The van der Waals surface area contributed by atoms with Crippen LogP contribution in [0.4, 0.5) is 4.39 Å². The van der Waals surface area contributed by atoms with Gasteiger partial charge in [-0.15, -0.1) is 0 Å². The molecule has 0 fully saturated rings. The van der Waals surface area contributed by atoms with E-state index in [1.54, 1.807) is 12.1 Å². The van der Waals surface area contributed by atoms with Crippen molar-refractivity contribution in [2.45, 2.75) is 11.2 Å². The number of aliphatic hydroxyl groups is 1. The maximum Gasteiger partial charge on any atom is 0.182 e. The first kappa shape index (κ1) is 17.1. The van der Waals surface area contributed by atoms with Gasteiger partial charge >= 0.3 is 0 Å². The number of halogens is 2. The molecule has 0 saturated carbocycles. The predicted molar refractivity (Wildman–Crippen MR) is 89.7 cm³/mol. The first-order valence-electron chi connectivity index (χ1n) is 7.06. The van der Waals surface area contributed by atoms with E-state index in [1.807, 2.05) is 0 Å². The Morgan fingerprint density at radius 3 is 2.46 bits per heavy atom. The Morgan fingerprint density at radius 2 is 1.88 bits per heavy atom. The van der Waals surface area contributed by atoms with Crippen LogP contribution < -0.4 is 0 Å². The molecule has 1 aliphatic heterocycles. The highest BCUT2D eigenvalue weighted by Gasteiger charge is 2.28. The van der Waals surface area contributed by atoms with E-state index in [9.17, 15) is 17.9 Å². The summed E-state index contributed by atoms with van der Waals surface area (Å²) in [4.78, 5) is 0.202. The molecule has 2 aromatic carbocycles. The summed E-state index contributed by atoms with van der Waals surface area (Å²) in [5, 5.41) is 10.3. The van der Waals surface area contributed by atoms with Crippen LogP contribution >= 0.6 is 11.6 Å². The highest BCUT2D eigenvalue weighted by molar-refractivity contribution is 7.90. The molecule has 1 unspecified atom stereocenters. The second-order valence-electron chi connectivity index (χ2n) is 5.48. The lowest BCUT2D eigenvalue weighted by Crippen LogP contribution is -2.07. The lowest BCUT2D eigenvalue weighted by Gasteiger charge is -2.12. The third kappa shape index (κ3) is 3.23. The van der Waals surface area contributed by atoms with Crippen molar-refractivity contribution < 1.29 is 22.7 Å². The zero-order valence-electron chi connectivity index (χ0n) is 12.7. The molecule has 1 N–H and O–H groups in total. The maximum absolute atomic E-state index is 13.3. The van der Waals surface area contributed by atoms with Crippen LogP contribution in [0.15, 0.2) is 47.4 Å². The van der Waals surface area contributed by atoms with Crippen LogP contribution in [0.5, 0.6) is 0 Å². The minimum Gasteiger partial charge on any atom is -0.364 e. The molecule has 24 heavy (non-hydrogen) atoms. The Balaban J connectivity index is 2.11. The lowest BCUT2D eigenvalue weighted by molar-refractivity contribution is -0.0312. The molecule has 2 aromatic rings. The van der Waals surface area contributed by atoms with E-state index >= 15 is 0 Å². The summed E-state index contributed by atoms with van der Waals surface area (Å²) < 4.78 is 41.6. The number of hydrogen-bond acceptors (Lipinski definition) is 4. The van der Waals surface area contributed by atoms with Crippen LogP contribution in [-0.2, 0) is 14.6 Å². The minimum absolute atomic E-state index is 0.141. The minimum atomic E-state index is -3.29. The summed E-state index contributed by atoms with van der Waals surface area (Å²) in [6.07, 6.45) is -0.0505. The van der Waals surface area contributed by atoms with Gasteiger partial charge in [-0.1, -0.05) is 29.8 Å². The average molecular weight is 369 g/mol. The van der Waals surface area contributed by atoms with Crippen molar-refractivity contribution in [1.82, 2.24) is 0 Å².